The predicted molar refractivity (Wildman–Crippen MR) is 80.9 cm³/mol. The standard InChI is InChI=1S/C16H20N2OS/c19-16(15-8-11-4-1-2-6-14(11)20-15)18-9-12-5-3-7-17-13(12)10-18/h1-2,4,6,12-13,15,17H,3,5,7-10H2/t12-,13+,15?/m0/s1. The van der Waals surface area contributed by atoms with Gasteiger partial charge in [0.2, 0.25) is 5.91 Å². The van der Waals surface area contributed by atoms with Gasteiger partial charge in [-0.2, -0.15) is 0 Å². The number of benzene rings is 1. The number of hydrogen-bond acceptors (Lipinski definition) is 3. The van der Waals surface area contributed by atoms with Crippen LogP contribution >= 0.6 is 11.8 Å². The van der Waals surface area contributed by atoms with Crippen LogP contribution in [0.3, 0.4) is 0 Å². The Kier molecular flexibility index (Phi) is 3.23. The first-order chi connectivity index (χ1) is 9.81. The smallest absolute Gasteiger partial charge is 0.236 e. The van der Waals surface area contributed by atoms with Crippen LogP contribution in [-0.2, 0) is 11.2 Å². The van der Waals surface area contributed by atoms with E-state index in [0.717, 1.165) is 26.1 Å². The summed E-state index contributed by atoms with van der Waals surface area (Å²) in [6.07, 6.45) is 3.44. The number of fused-ring (bicyclic) bond motifs is 2. The molecule has 20 heavy (non-hydrogen) atoms. The van der Waals surface area contributed by atoms with Crippen LogP contribution in [0.2, 0.25) is 0 Å². The van der Waals surface area contributed by atoms with Crippen molar-refractivity contribution in [3.8, 4) is 0 Å². The van der Waals surface area contributed by atoms with Gasteiger partial charge in [0.15, 0.2) is 0 Å². The number of carbonyl (C=O) groups excluding carboxylic acids is 1. The number of carbonyl (C=O) groups is 1. The van der Waals surface area contributed by atoms with Gasteiger partial charge in [-0.1, -0.05) is 18.2 Å². The van der Waals surface area contributed by atoms with E-state index in [1.54, 1.807) is 11.8 Å². The number of hydrogen-bond donors (Lipinski definition) is 1. The van der Waals surface area contributed by atoms with E-state index in [1.165, 1.54) is 23.3 Å². The number of nitrogens with one attached hydrogen (secondary N) is 1. The second kappa shape index (κ2) is 5.08. The Bertz CT molecular complexity index is 494. The van der Waals surface area contributed by atoms with Crippen LogP contribution < -0.4 is 5.32 Å². The van der Waals surface area contributed by atoms with Gasteiger partial charge in [-0.25, -0.2) is 0 Å². The van der Waals surface area contributed by atoms with Gasteiger partial charge in [0.25, 0.3) is 0 Å². The molecule has 4 rings (SSSR count). The number of thioether (sulfide) groups is 1. The zero-order valence-electron chi connectivity index (χ0n) is 11.5. The molecule has 3 aliphatic rings. The Morgan fingerprint density at radius 1 is 1.30 bits per heavy atom. The number of amides is 1. The van der Waals surface area contributed by atoms with Crippen molar-refractivity contribution in [1.82, 2.24) is 10.2 Å². The topological polar surface area (TPSA) is 32.3 Å². The molecule has 3 atom stereocenters. The Hall–Kier alpha value is -1.00. The lowest BCUT2D eigenvalue weighted by molar-refractivity contribution is -0.129. The summed E-state index contributed by atoms with van der Waals surface area (Å²) in [5.74, 6) is 1.03. The molecule has 0 saturated carbocycles. The molecule has 2 saturated heterocycles. The molecule has 1 aromatic carbocycles. The molecule has 106 valence electrons. The normalized spacial score (nSPS) is 32.0. The first-order valence-electron chi connectivity index (χ1n) is 7.58. The number of piperidine rings is 1. The van der Waals surface area contributed by atoms with E-state index in [1.807, 2.05) is 0 Å². The average molecular weight is 288 g/mol. The fourth-order valence-electron chi connectivity index (χ4n) is 3.75. The molecule has 1 amide bonds. The molecule has 1 unspecified atom stereocenters. The van der Waals surface area contributed by atoms with Crippen molar-refractivity contribution in [2.24, 2.45) is 5.92 Å². The third kappa shape index (κ3) is 2.15. The van der Waals surface area contributed by atoms with E-state index < -0.39 is 0 Å². The predicted octanol–water partition coefficient (Wildman–Crippen LogP) is 1.91. The summed E-state index contributed by atoms with van der Waals surface area (Å²) in [6.45, 7) is 2.99. The zero-order chi connectivity index (χ0) is 13.5. The Morgan fingerprint density at radius 2 is 2.20 bits per heavy atom. The fourth-order valence-corrected chi connectivity index (χ4v) is 5.03. The van der Waals surface area contributed by atoms with Crippen LogP contribution in [-0.4, -0.2) is 41.7 Å². The summed E-state index contributed by atoms with van der Waals surface area (Å²) in [5, 5.41) is 3.68. The fraction of sp³-hybridized carbons (Fsp3) is 0.562. The monoisotopic (exact) mass is 288 g/mol. The Balaban J connectivity index is 1.44. The van der Waals surface area contributed by atoms with Crippen molar-refractivity contribution in [2.45, 2.75) is 35.4 Å². The first-order valence-corrected chi connectivity index (χ1v) is 8.46. The van der Waals surface area contributed by atoms with Crippen LogP contribution in [0.5, 0.6) is 0 Å². The summed E-state index contributed by atoms with van der Waals surface area (Å²) in [5.41, 5.74) is 1.34. The summed E-state index contributed by atoms with van der Waals surface area (Å²) in [6, 6.07) is 8.97. The minimum Gasteiger partial charge on any atom is -0.340 e. The van der Waals surface area contributed by atoms with E-state index in [2.05, 4.69) is 34.5 Å². The van der Waals surface area contributed by atoms with Crippen LogP contribution in [0.4, 0.5) is 0 Å². The van der Waals surface area contributed by atoms with Gasteiger partial charge in [-0.15, -0.1) is 11.8 Å². The molecule has 4 heteroatoms. The average Bonchev–Trinajstić information content (AvgIpc) is 3.10. The van der Waals surface area contributed by atoms with E-state index in [9.17, 15) is 4.79 Å². The van der Waals surface area contributed by atoms with Gasteiger partial charge in [0.1, 0.15) is 0 Å². The van der Waals surface area contributed by atoms with Crippen molar-refractivity contribution in [3.63, 3.8) is 0 Å². The Labute approximate surface area is 124 Å². The van der Waals surface area contributed by atoms with Crippen LogP contribution in [0.1, 0.15) is 18.4 Å². The second-order valence-corrected chi connectivity index (χ2v) is 7.37. The molecule has 3 heterocycles. The number of likely N-dealkylation sites (tertiary alicyclic amines) is 1. The Morgan fingerprint density at radius 3 is 3.05 bits per heavy atom. The maximum Gasteiger partial charge on any atom is 0.236 e. The summed E-state index contributed by atoms with van der Waals surface area (Å²) < 4.78 is 0. The third-order valence-electron chi connectivity index (χ3n) is 4.83. The summed E-state index contributed by atoms with van der Waals surface area (Å²) >= 11 is 1.75. The highest BCUT2D eigenvalue weighted by Gasteiger charge is 2.39. The highest BCUT2D eigenvalue weighted by atomic mass is 32.2. The highest BCUT2D eigenvalue weighted by Crippen LogP contribution is 2.38. The van der Waals surface area contributed by atoms with Crippen molar-refractivity contribution < 1.29 is 4.79 Å². The maximum absolute atomic E-state index is 12.7. The molecular weight excluding hydrogens is 268 g/mol. The van der Waals surface area contributed by atoms with Gasteiger partial charge < -0.3 is 10.2 Å². The minimum absolute atomic E-state index is 0.104. The van der Waals surface area contributed by atoms with Crippen LogP contribution in [0.15, 0.2) is 29.2 Å². The molecule has 1 N–H and O–H groups in total. The largest absolute Gasteiger partial charge is 0.340 e. The molecule has 0 aliphatic carbocycles. The van der Waals surface area contributed by atoms with Crippen LogP contribution in [0, 0.1) is 5.92 Å². The van der Waals surface area contributed by atoms with Gasteiger partial charge in [0, 0.05) is 24.0 Å². The molecule has 0 bridgehead atoms. The molecule has 0 radical (unpaired) electrons. The lowest BCUT2D eigenvalue weighted by Crippen LogP contribution is -2.41. The number of rotatable bonds is 1. The van der Waals surface area contributed by atoms with E-state index in [-0.39, 0.29) is 5.25 Å². The summed E-state index contributed by atoms with van der Waals surface area (Å²) in [4.78, 5) is 16.1. The summed E-state index contributed by atoms with van der Waals surface area (Å²) in [7, 11) is 0. The third-order valence-corrected chi connectivity index (χ3v) is 6.14. The van der Waals surface area contributed by atoms with E-state index in [4.69, 9.17) is 0 Å². The highest BCUT2D eigenvalue weighted by molar-refractivity contribution is 8.01. The molecule has 3 aliphatic heterocycles. The zero-order valence-corrected chi connectivity index (χ0v) is 12.4. The molecule has 0 spiro atoms. The van der Waals surface area contributed by atoms with Crippen molar-refractivity contribution in [2.75, 3.05) is 19.6 Å². The van der Waals surface area contributed by atoms with E-state index >= 15 is 0 Å². The van der Waals surface area contributed by atoms with Crippen molar-refractivity contribution >= 4 is 17.7 Å². The van der Waals surface area contributed by atoms with E-state index in [0.29, 0.717) is 17.9 Å². The molecule has 1 aromatic rings. The lowest BCUT2D eigenvalue weighted by Gasteiger charge is -2.24. The quantitative estimate of drug-likeness (QED) is 0.857. The molecule has 2 fully saturated rings. The molecule has 3 nitrogen and oxygen atoms in total. The van der Waals surface area contributed by atoms with Gasteiger partial charge in [-0.05, 0) is 43.4 Å². The van der Waals surface area contributed by atoms with Crippen molar-refractivity contribution in [1.29, 1.82) is 0 Å². The molecule has 0 aromatic heterocycles. The SMILES string of the molecule is O=C(C1Cc2ccccc2S1)N1C[C@@H]2CCCN[C@@H]2C1. The maximum atomic E-state index is 12.7. The first kappa shape index (κ1) is 12.7. The minimum atomic E-state index is 0.104. The van der Waals surface area contributed by atoms with Crippen molar-refractivity contribution in [3.05, 3.63) is 29.8 Å². The van der Waals surface area contributed by atoms with Crippen LogP contribution in [0.25, 0.3) is 0 Å². The van der Waals surface area contributed by atoms with Gasteiger partial charge in [-0.3, -0.25) is 4.79 Å². The lowest BCUT2D eigenvalue weighted by atomic mass is 9.94. The van der Waals surface area contributed by atoms with Gasteiger partial charge in [0.05, 0.1) is 5.25 Å². The number of nitrogens with zero attached hydrogens (tertiary/aromatic N) is 1. The second-order valence-electron chi connectivity index (χ2n) is 6.12. The molecular formula is C16H20N2OS. The van der Waals surface area contributed by atoms with Gasteiger partial charge >= 0.3 is 0 Å².